The molecule has 0 spiro atoms. The van der Waals surface area contributed by atoms with Crippen LogP contribution in [0.2, 0.25) is 0 Å². The summed E-state index contributed by atoms with van der Waals surface area (Å²) >= 11 is 0. The lowest BCUT2D eigenvalue weighted by atomic mass is 10.1. The zero-order valence-corrected chi connectivity index (χ0v) is 39.9. The first-order valence-electron chi connectivity index (χ1n) is 23.5. The van der Waals surface area contributed by atoms with Crippen molar-refractivity contribution >= 4 is 23.6 Å². The van der Waals surface area contributed by atoms with Gasteiger partial charge in [0.2, 0.25) is 10.9 Å². The van der Waals surface area contributed by atoms with E-state index in [4.69, 9.17) is 4.74 Å². The highest BCUT2D eigenvalue weighted by Gasteiger charge is 2.42. The molecule has 0 radical (unpaired) electrons. The smallest absolute Gasteiger partial charge is 0.278 e. The van der Waals surface area contributed by atoms with Crippen molar-refractivity contribution in [2.75, 3.05) is 23.4 Å². The van der Waals surface area contributed by atoms with Gasteiger partial charge in [0.1, 0.15) is 66.0 Å². The maximum atomic E-state index is 14.2. The SMILES string of the molecule is CC[C@H]1C=C[C@H](C)N2CN1n1cc(C(=O)NCc3c(F)cc(F)cc3F)c(=O)c(OCc3ccccc3)c1C2=O.CC[C@H]1CC[C@H](C)N2CN1n1cc(C(=O)NCc3c(F)cc(F)cc3F)c(=O)c(O)c1C2=O. The van der Waals surface area contributed by atoms with Gasteiger partial charge in [-0.1, -0.05) is 56.3 Å². The molecule has 6 heterocycles. The molecule has 384 valence electrons. The summed E-state index contributed by atoms with van der Waals surface area (Å²) in [6.07, 6.45) is 9.20. The molecule has 5 aromatic rings. The highest BCUT2D eigenvalue weighted by Crippen LogP contribution is 2.31. The van der Waals surface area contributed by atoms with E-state index < -0.39 is 105 Å². The number of nitrogens with one attached hydrogen (secondary N) is 2. The molecule has 3 aromatic carbocycles. The van der Waals surface area contributed by atoms with E-state index in [2.05, 4.69) is 10.6 Å². The minimum Gasteiger partial charge on any atom is -0.502 e. The summed E-state index contributed by atoms with van der Waals surface area (Å²) in [7, 11) is 0. The molecular formula is C51H50F6N8O8. The number of pyridine rings is 2. The van der Waals surface area contributed by atoms with Crippen LogP contribution in [0.15, 0.2) is 88.7 Å². The average molecular weight is 1020 g/mol. The Hall–Kier alpha value is -8.04. The van der Waals surface area contributed by atoms with Crippen molar-refractivity contribution in [3.05, 3.63) is 174 Å². The second-order valence-corrected chi connectivity index (χ2v) is 17.9. The third-order valence-electron chi connectivity index (χ3n) is 13.4. The van der Waals surface area contributed by atoms with Gasteiger partial charge in [-0.15, -0.1) is 0 Å². The van der Waals surface area contributed by atoms with Gasteiger partial charge in [0, 0.05) is 79.0 Å². The van der Waals surface area contributed by atoms with Crippen LogP contribution in [-0.2, 0) is 19.7 Å². The number of halogens is 6. The number of aromatic nitrogens is 2. The molecule has 73 heavy (non-hydrogen) atoms. The fraction of sp³-hybridized carbons (Fsp3) is 0.333. The molecular weight excluding hydrogens is 967 g/mol. The number of aromatic hydroxyl groups is 1. The van der Waals surface area contributed by atoms with Crippen molar-refractivity contribution in [1.82, 2.24) is 29.8 Å². The molecule has 1 saturated heterocycles. The number of hydrogen-bond donors (Lipinski definition) is 3. The minimum atomic E-state index is -1.19. The van der Waals surface area contributed by atoms with Crippen LogP contribution in [0, 0.1) is 34.9 Å². The maximum Gasteiger partial charge on any atom is 0.278 e. The van der Waals surface area contributed by atoms with Crippen LogP contribution in [0.5, 0.6) is 11.5 Å². The third kappa shape index (κ3) is 9.97. The van der Waals surface area contributed by atoms with Crippen molar-refractivity contribution in [2.24, 2.45) is 0 Å². The summed E-state index contributed by atoms with van der Waals surface area (Å²) in [6.45, 7) is 6.82. The van der Waals surface area contributed by atoms with E-state index in [1.807, 2.05) is 55.9 Å². The number of nitrogens with zero attached hydrogens (tertiary/aromatic N) is 6. The van der Waals surface area contributed by atoms with E-state index in [0.29, 0.717) is 30.7 Å². The van der Waals surface area contributed by atoms with E-state index in [-0.39, 0.29) is 66.8 Å². The number of benzene rings is 3. The molecule has 16 nitrogen and oxygen atoms in total. The standard InChI is InChI=1S/C29H27F3N4O4.C22H23F3N4O4/c1-3-20-10-9-17(2)34-16-36(20)35-14-22(28(38)33-13-21-23(31)11-19(30)12-24(21)32)26(37)27(25(35)29(34)39)40-15-18-7-5-4-6-8-18;1-3-13-5-4-11(2)27-10-29(13)28-9-15(19(30)20(31)18(28)22(27)33)21(32)26-8-14-16(24)6-12(23)7-17(14)25/h4-12,14,17,20H,3,13,15-16H2,1-2H3,(H,33,38);6-7,9,11,13,31H,3-5,8,10H2,1-2H3,(H,26,32)/t17-,20-;11-,13-/m00/s1. The van der Waals surface area contributed by atoms with E-state index in [1.165, 1.54) is 15.5 Å². The normalized spacial score (nSPS) is 18.8. The van der Waals surface area contributed by atoms with Crippen molar-refractivity contribution in [2.45, 2.75) is 97.2 Å². The Kier molecular flexibility index (Phi) is 14.7. The Morgan fingerprint density at radius 3 is 1.74 bits per heavy atom. The van der Waals surface area contributed by atoms with Crippen molar-refractivity contribution < 1.29 is 55.4 Å². The number of fused-ring (bicyclic) bond motifs is 8. The lowest BCUT2D eigenvalue weighted by Crippen LogP contribution is -2.58. The van der Waals surface area contributed by atoms with Gasteiger partial charge in [-0.25, -0.2) is 26.3 Å². The first-order valence-corrected chi connectivity index (χ1v) is 23.5. The summed E-state index contributed by atoms with van der Waals surface area (Å²) in [5.41, 5.74) is -3.45. The largest absolute Gasteiger partial charge is 0.502 e. The van der Waals surface area contributed by atoms with Crippen LogP contribution < -0.4 is 36.2 Å². The highest BCUT2D eigenvalue weighted by molar-refractivity contribution is 6.00. The average Bonchev–Trinajstić information content (AvgIpc) is 3.60. The Bertz CT molecular complexity index is 3120. The van der Waals surface area contributed by atoms with Crippen LogP contribution >= 0.6 is 0 Å². The van der Waals surface area contributed by atoms with Gasteiger partial charge in [0.05, 0.1) is 6.04 Å². The lowest BCUT2D eigenvalue weighted by Gasteiger charge is -2.42. The molecule has 9 rings (SSSR count). The van der Waals surface area contributed by atoms with Crippen LogP contribution in [0.1, 0.15) is 112 Å². The Morgan fingerprint density at radius 2 is 1.19 bits per heavy atom. The number of hydrogen-bond acceptors (Lipinski definition) is 10. The van der Waals surface area contributed by atoms with E-state index >= 15 is 0 Å². The Morgan fingerprint density at radius 1 is 0.671 bits per heavy atom. The van der Waals surface area contributed by atoms with Gasteiger partial charge < -0.3 is 30.3 Å². The summed E-state index contributed by atoms with van der Waals surface area (Å²) in [6, 6.07) is 10.5. The monoisotopic (exact) mass is 1020 g/mol. The summed E-state index contributed by atoms with van der Waals surface area (Å²) in [5.74, 6) is -11.0. The fourth-order valence-corrected chi connectivity index (χ4v) is 9.22. The molecule has 0 aliphatic carbocycles. The zero-order valence-electron chi connectivity index (χ0n) is 39.9. The number of carbonyl (C=O) groups is 4. The predicted octanol–water partition coefficient (Wildman–Crippen LogP) is 6.08. The first kappa shape index (κ1) is 51.3. The van der Waals surface area contributed by atoms with Gasteiger partial charge >= 0.3 is 0 Å². The van der Waals surface area contributed by atoms with Crippen molar-refractivity contribution in [1.29, 1.82) is 0 Å². The zero-order chi connectivity index (χ0) is 52.6. The first-order chi connectivity index (χ1) is 34.8. The van der Waals surface area contributed by atoms with E-state index in [0.717, 1.165) is 31.0 Å². The topological polar surface area (TPSA) is 179 Å². The Labute approximate surface area is 413 Å². The molecule has 4 bridgehead atoms. The number of amides is 4. The van der Waals surface area contributed by atoms with E-state index in [9.17, 15) is 60.2 Å². The van der Waals surface area contributed by atoms with Gasteiger partial charge in [-0.05, 0) is 45.1 Å². The van der Waals surface area contributed by atoms with Gasteiger partial charge in [0.15, 0.2) is 22.9 Å². The van der Waals surface area contributed by atoms with Crippen LogP contribution in [0.25, 0.3) is 0 Å². The molecule has 0 unspecified atom stereocenters. The minimum absolute atomic E-state index is 0.00970. The molecule has 4 aliphatic heterocycles. The Balaban J connectivity index is 0.000000199. The molecule has 22 heteroatoms. The van der Waals surface area contributed by atoms with Gasteiger partial charge in [-0.3, -0.25) is 48.1 Å². The van der Waals surface area contributed by atoms with Crippen LogP contribution in [0.3, 0.4) is 0 Å². The molecule has 4 atom stereocenters. The summed E-state index contributed by atoms with van der Waals surface area (Å²) in [4.78, 5) is 82.3. The molecule has 1 fully saturated rings. The second kappa shape index (κ2) is 21.0. The second-order valence-electron chi connectivity index (χ2n) is 17.9. The predicted molar refractivity (Wildman–Crippen MR) is 253 cm³/mol. The molecule has 4 amide bonds. The number of carbonyl (C=O) groups excluding carboxylic acids is 4. The fourth-order valence-electron chi connectivity index (χ4n) is 9.22. The maximum absolute atomic E-state index is 14.2. The van der Waals surface area contributed by atoms with Crippen LogP contribution in [0.4, 0.5) is 26.3 Å². The molecule has 0 saturated carbocycles. The molecule has 2 aromatic heterocycles. The number of rotatable bonds is 11. The number of ether oxygens (including phenoxy) is 1. The lowest BCUT2D eigenvalue weighted by molar-refractivity contribution is 0.0624. The van der Waals surface area contributed by atoms with Crippen LogP contribution in [-0.4, -0.2) is 85.4 Å². The van der Waals surface area contributed by atoms with E-state index in [1.54, 1.807) is 34.1 Å². The highest BCUT2D eigenvalue weighted by atomic mass is 19.2. The molecule has 4 aliphatic rings. The summed E-state index contributed by atoms with van der Waals surface area (Å²) < 4.78 is 91.2. The van der Waals surface area contributed by atoms with Crippen molar-refractivity contribution in [3.63, 3.8) is 0 Å². The summed E-state index contributed by atoms with van der Waals surface area (Å²) in [5, 5.41) is 18.8. The third-order valence-corrected chi connectivity index (χ3v) is 13.4. The quantitative estimate of drug-likeness (QED) is 0.104. The molecule has 3 N–H and O–H groups in total. The van der Waals surface area contributed by atoms with Crippen molar-refractivity contribution in [3.8, 4) is 11.5 Å². The van der Waals surface area contributed by atoms with Gasteiger partial charge in [0.25, 0.3) is 23.6 Å². The van der Waals surface area contributed by atoms with Gasteiger partial charge in [-0.2, -0.15) is 0 Å².